The van der Waals surface area contributed by atoms with Gasteiger partial charge in [0.15, 0.2) is 0 Å². The maximum Gasteiger partial charge on any atom is 0.253 e. The van der Waals surface area contributed by atoms with Gasteiger partial charge >= 0.3 is 0 Å². The normalized spacial score (nSPS) is 11.4. The van der Waals surface area contributed by atoms with Crippen LogP contribution in [-0.4, -0.2) is 41.0 Å². The molecule has 1 N–H and O–H groups in total. The number of nitrogens with zero attached hydrogens (tertiary/aromatic N) is 2. The topological polar surface area (TPSA) is 45.2 Å². The fourth-order valence-corrected chi connectivity index (χ4v) is 2.44. The first-order valence-corrected chi connectivity index (χ1v) is 7.43. The number of rotatable bonds is 6. The Morgan fingerprint density at radius 3 is 2.45 bits per heavy atom. The summed E-state index contributed by atoms with van der Waals surface area (Å²) in [5.74, 6) is -0.230. The Hall–Kier alpha value is -0.840. The van der Waals surface area contributed by atoms with Gasteiger partial charge in [-0.1, -0.05) is 23.2 Å². The summed E-state index contributed by atoms with van der Waals surface area (Å²) in [7, 11) is 0. The summed E-state index contributed by atoms with van der Waals surface area (Å²) in [6.07, 6.45) is 1.38. The Morgan fingerprint density at radius 2 is 1.90 bits per heavy atom. The number of carbonyl (C=O) groups excluding carboxylic acids is 1. The van der Waals surface area contributed by atoms with Gasteiger partial charge in [0, 0.05) is 31.4 Å². The second-order valence-corrected chi connectivity index (χ2v) is 5.96. The first-order valence-electron chi connectivity index (χ1n) is 6.68. The Bertz CT molecular complexity index is 456. The molecular weight excluding hydrogens is 297 g/mol. The van der Waals surface area contributed by atoms with E-state index in [9.17, 15) is 4.79 Å². The van der Waals surface area contributed by atoms with E-state index in [0.29, 0.717) is 29.2 Å². The largest absolute Gasteiger partial charge is 0.351 e. The van der Waals surface area contributed by atoms with Gasteiger partial charge in [0.2, 0.25) is 0 Å². The van der Waals surface area contributed by atoms with E-state index in [1.807, 2.05) is 0 Å². The van der Waals surface area contributed by atoms with Crippen molar-refractivity contribution in [1.82, 2.24) is 15.2 Å². The molecule has 1 rings (SSSR count). The number of carbonyl (C=O) groups is 1. The lowest BCUT2D eigenvalue weighted by Gasteiger charge is -2.30. The smallest absolute Gasteiger partial charge is 0.253 e. The van der Waals surface area contributed by atoms with Crippen molar-refractivity contribution in [3.63, 3.8) is 0 Å². The second kappa shape index (κ2) is 7.81. The molecule has 0 spiro atoms. The molecule has 6 heteroatoms. The maximum absolute atomic E-state index is 12.0. The van der Waals surface area contributed by atoms with Gasteiger partial charge in [0.25, 0.3) is 5.91 Å². The lowest BCUT2D eigenvalue weighted by molar-refractivity contribution is 0.0939. The lowest BCUT2D eigenvalue weighted by atomic mass is 10.2. The van der Waals surface area contributed by atoms with Crippen molar-refractivity contribution < 1.29 is 4.79 Å². The zero-order valence-corrected chi connectivity index (χ0v) is 13.8. The van der Waals surface area contributed by atoms with Gasteiger partial charge in [-0.25, -0.2) is 4.98 Å². The fraction of sp³-hybridized carbons (Fsp3) is 0.571. The summed E-state index contributed by atoms with van der Waals surface area (Å²) in [6, 6.07) is 2.35. The first kappa shape index (κ1) is 17.2. The zero-order chi connectivity index (χ0) is 15.3. The summed E-state index contributed by atoms with van der Waals surface area (Å²) >= 11 is 11.7. The molecule has 0 saturated carbocycles. The van der Waals surface area contributed by atoms with E-state index in [1.54, 1.807) is 0 Å². The summed E-state index contributed by atoms with van der Waals surface area (Å²) in [6.45, 7) is 9.91. The van der Waals surface area contributed by atoms with Crippen LogP contribution in [0.2, 0.25) is 10.2 Å². The van der Waals surface area contributed by atoms with Crippen molar-refractivity contribution in [2.45, 2.75) is 39.8 Å². The molecule has 0 atom stereocenters. The van der Waals surface area contributed by atoms with E-state index in [4.69, 9.17) is 23.2 Å². The predicted molar refractivity (Wildman–Crippen MR) is 83.6 cm³/mol. The minimum Gasteiger partial charge on any atom is -0.351 e. The van der Waals surface area contributed by atoms with Crippen LogP contribution in [0.5, 0.6) is 0 Å². The SMILES string of the molecule is CC(C)N(CCNC(=O)c1cc(Cl)ncc1Cl)C(C)C. The van der Waals surface area contributed by atoms with Crippen LogP contribution < -0.4 is 5.32 Å². The molecule has 0 bridgehead atoms. The zero-order valence-electron chi connectivity index (χ0n) is 12.3. The molecule has 4 nitrogen and oxygen atoms in total. The van der Waals surface area contributed by atoms with Crippen LogP contribution in [-0.2, 0) is 0 Å². The van der Waals surface area contributed by atoms with Crippen molar-refractivity contribution in [3.8, 4) is 0 Å². The highest BCUT2D eigenvalue weighted by atomic mass is 35.5. The van der Waals surface area contributed by atoms with Gasteiger partial charge in [-0.15, -0.1) is 0 Å². The predicted octanol–water partition coefficient (Wildman–Crippen LogP) is 3.24. The van der Waals surface area contributed by atoms with E-state index < -0.39 is 0 Å². The number of nitrogens with one attached hydrogen (secondary N) is 1. The van der Waals surface area contributed by atoms with Crippen LogP contribution in [0.4, 0.5) is 0 Å². The molecule has 0 aromatic carbocycles. The third-order valence-electron chi connectivity index (χ3n) is 3.05. The molecule has 0 aliphatic carbocycles. The first-order chi connectivity index (χ1) is 9.32. The second-order valence-electron chi connectivity index (χ2n) is 5.17. The van der Waals surface area contributed by atoms with Gasteiger partial charge in [0.1, 0.15) is 5.15 Å². The molecule has 1 amide bonds. The monoisotopic (exact) mass is 317 g/mol. The molecule has 1 aromatic heterocycles. The number of halogens is 2. The highest BCUT2D eigenvalue weighted by Crippen LogP contribution is 2.17. The third kappa shape index (κ3) is 4.93. The van der Waals surface area contributed by atoms with Crippen LogP contribution in [0.25, 0.3) is 0 Å². The number of aromatic nitrogens is 1. The summed E-state index contributed by atoms with van der Waals surface area (Å²) in [5, 5.41) is 3.41. The average Bonchev–Trinajstić information content (AvgIpc) is 2.36. The maximum atomic E-state index is 12.0. The Kier molecular flexibility index (Phi) is 6.72. The van der Waals surface area contributed by atoms with Gasteiger partial charge in [-0.3, -0.25) is 9.69 Å². The molecule has 112 valence electrons. The van der Waals surface area contributed by atoms with E-state index >= 15 is 0 Å². The molecule has 0 aliphatic heterocycles. The number of pyridine rings is 1. The molecule has 20 heavy (non-hydrogen) atoms. The lowest BCUT2D eigenvalue weighted by Crippen LogP contribution is -2.42. The van der Waals surface area contributed by atoms with Crippen molar-refractivity contribution >= 4 is 29.1 Å². The Balaban J connectivity index is 2.57. The van der Waals surface area contributed by atoms with Crippen LogP contribution >= 0.6 is 23.2 Å². The van der Waals surface area contributed by atoms with E-state index in [0.717, 1.165) is 6.54 Å². The molecular formula is C14H21Cl2N3O. The third-order valence-corrected chi connectivity index (χ3v) is 3.56. The highest BCUT2D eigenvalue weighted by molar-refractivity contribution is 6.35. The van der Waals surface area contributed by atoms with E-state index in [2.05, 4.69) is 42.9 Å². The molecule has 1 aromatic rings. The molecule has 0 saturated heterocycles. The van der Waals surface area contributed by atoms with Crippen LogP contribution in [0, 0.1) is 0 Å². The van der Waals surface area contributed by atoms with Gasteiger partial charge < -0.3 is 5.32 Å². The van der Waals surface area contributed by atoms with E-state index in [1.165, 1.54) is 12.3 Å². The minimum absolute atomic E-state index is 0.230. The number of amides is 1. The standard InChI is InChI=1S/C14H21Cl2N3O/c1-9(2)19(10(3)4)6-5-17-14(20)11-7-13(16)18-8-12(11)15/h7-10H,5-6H2,1-4H3,(H,17,20). The van der Waals surface area contributed by atoms with Gasteiger partial charge in [-0.05, 0) is 33.8 Å². The highest BCUT2D eigenvalue weighted by Gasteiger charge is 2.15. The Morgan fingerprint density at radius 1 is 1.30 bits per heavy atom. The van der Waals surface area contributed by atoms with Crippen molar-refractivity contribution in [1.29, 1.82) is 0 Å². The molecule has 0 fully saturated rings. The molecule has 0 unspecified atom stereocenters. The van der Waals surface area contributed by atoms with Gasteiger partial charge in [-0.2, -0.15) is 0 Å². The fourth-order valence-electron chi connectivity index (χ4n) is 2.09. The minimum atomic E-state index is -0.230. The summed E-state index contributed by atoms with van der Waals surface area (Å²) < 4.78 is 0. The Labute approximate surface area is 130 Å². The number of hydrogen-bond acceptors (Lipinski definition) is 3. The van der Waals surface area contributed by atoms with Crippen LogP contribution in [0.1, 0.15) is 38.1 Å². The van der Waals surface area contributed by atoms with Crippen molar-refractivity contribution in [2.75, 3.05) is 13.1 Å². The summed E-state index contributed by atoms with van der Waals surface area (Å²) in [4.78, 5) is 18.2. The van der Waals surface area contributed by atoms with Crippen molar-refractivity contribution in [2.24, 2.45) is 0 Å². The molecule has 0 aliphatic rings. The van der Waals surface area contributed by atoms with Crippen LogP contribution in [0.15, 0.2) is 12.3 Å². The number of hydrogen-bond donors (Lipinski definition) is 1. The molecule has 0 radical (unpaired) electrons. The summed E-state index contributed by atoms with van der Waals surface area (Å²) in [5.41, 5.74) is 0.354. The van der Waals surface area contributed by atoms with Crippen molar-refractivity contribution in [3.05, 3.63) is 28.0 Å². The quantitative estimate of drug-likeness (QED) is 0.819. The molecule has 1 heterocycles. The van der Waals surface area contributed by atoms with Crippen LogP contribution in [0.3, 0.4) is 0 Å². The average molecular weight is 318 g/mol. The van der Waals surface area contributed by atoms with E-state index in [-0.39, 0.29) is 11.1 Å². The van der Waals surface area contributed by atoms with Gasteiger partial charge in [0.05, 0.1) is 10.6 Å².